The second-order valence-electron chi connectivity index (χ2n) is 5.41. The maximum Gasteiger partial charge on any atom is 0.287 e. The molecular weight excluding hydrogens is 290 g/mol. The number of hydrogen-bond acceptors (Lipinski definition) is 3. The zero-order valence-electron chi connectivity index (χ0n) is 12.6. The molecule has 2 heterocycles. The van der Waals surface area contributed by atoms with Crippen molar-refractivity contribution in [1.82, 2.24) is 14.9 Å². The number of para-hydroxylation sites is 3. The van der Waals surface area contributed by atoms with Crippen LogP contribution < -0.4 is 5.32 Å². The number of benzene rings is 2. The quantitative estimate of drug-likeness (QED) is 0.632. The van der Waals surface area contributed by atoms with E-state index < -0.39 is 0 Å². The standard InChI is InChI=1S/C18H15N3O2/c1-21-14-8-4-3-7-13(14)20-17(21)11-19-18(22)16-10-12-6-2-5-9-15(12)23-16/h2-10H,11H2,1H3,(H,19,22). The Morgan fingerprint density at radius 2 is 1.96 bits per heavy atom. The van der Waals surface area contributed by atoms with E-state index in [1.807, 2.05) is 60.1 Å². The van der Waals surface area contributed by atoms with Gasteiger partial charge in [0.15, 0.2) is 5.76 Å². The van der Waals surface area contributed by atoms with E-state index in [9.17, 15) is 4.79 Å². The van der Waals surface area contributed by atoms with E-state index in [1.165, 1.54) is 0 Å². The van der Waals surface area contributed by atoms with Gasteiger partial charge in [0.2, 0.25) is 0 Å². The topological polar surface area (TPSA) is 60.1 Å². The molecule has 5 nitrogen and oxygen atoms in total. The number of furan rings is 1. The Morgan fingerprint density at radius 3 is 2.78 bits per heavy atom. The number of rotatable bonds is 3. The molecule has 0 spiro atoms. The van der Waals surface area contributed by atoms with Crippen molar-refractivity contribution < 1.29 is 9.21 Å². The molecule has 0 saturated carbocycles. The molecule has 2 aromatic heterocycles. The van der Waals surface area contributed by atoms with Gasteiger partial charge in [-0.1, -0.05) is 30.3 Å². The fourth-order valence-electron chi connectivity index (χ4n) is 2.69. The molecule has 0 saturated heterocycles. The van der Waals surface area contributed by atoms with Gasteiger partial charge in [-0.25, -0.2) is 4.98 Å². The lowest BCUT2D eigenvalue weighted by molar-refractivity contribution is 0.0924. The van der Waals surface area contributed by atoms with Crippen molar-refractivity contribution in [3.63, 3.8) is 0 Å². The predicted octanol–water partition coefficient (Wildman–Crippen LogP) is 3.25. The summed E-state index contributed by atoms with van der Waals surface area (Å²) in [4.78, 5) is 16.8. The van der Waals surface area contributed by atoms with Gasteiger partial charge in [0.05, 0.1) is 17.6 Å². The van der Waals surface area contributed by atoms with Crippen molar-refractivity contribution in [3.8, 4) is 0 Å². The smallest absolute Gasteiger partial charge is 0.287 e. The highest BCUT2D eigenvalue weighted by atomic mass is 16.3. The third-order valence-electron chi connectivity index (χ3n) is 3.94. The number of amides is 1. The van der Waals surface area contributed by atoms with Gasteiger partial charge in [-0.05, 0) is 24.3 Å². The number of carbonyl (C=O) groups excluding carboxylic acids is 1. The van der Waals surface area contributed by atoms with Gasteiger partial charge < -0.3 is 14.3 Å². The Labute approximate surface area is 132 Å². The number of fused-ring (bicyclic) bond motifs is 2. The zero-order valence-corrected chi connectivity index (χ0v) is 12.6. The van der Waals surface area contributed by atoms with E-state index in [2.05, 4.69) is 10.3 Å². The first-order chi connectivity index (χ1) is 11.2. The fraction of sp³-hybridized carbons (Fsp3) is 0.111. The number of nitrogens with zero attached hydrogens (tertiary/aromatic N) is 2. The highest BCUT2D eigenvalue weighted by Gasteiger charge is 2.13. The van der Waals surface area contributed by atoms with Crippen LogP contribution >= 0.6 is 0 Å². The minimum Gasteiger partial charge on any atom is -0.451 e. The normalized spacial score (nSPS) is 11.2. The van der Waals surface area contributed by atoms with Crippen LogP contribution in [0.5, 0.6) is 0 Å². The summed E-state index contributed by atoms with van der Waals surface area (Å²) in [5.41, 5.74) is 2.67. The molecule has 0 aliphatic carbocycles. The first-order valence-corrected chi connectivity index (χ1v) is 7.39. The lowest BCUT2D eigenvalue weighted by Crippen LogP contribution is -2.23. The van der Waals surface area contributed by atoms with E-state index in [4.69, 9.17) is 4.42 Å². The maximum absolute atomic E-state index is 12.3. The summed E-state index contributed by atoms with van der Waals surface area (Å²) >= 11 is 0. The molecule has 0 radical (unpaired) electrons. The summed E-state index contributed by atoms with van der Waals surface area (Å²) in [5.74, 6) is 0.869. The van der Waals surface area contributed by atoms with Crippen LogP contribution in [0.15, 0.2) is 59.0 Å². The molecule has 1 amide bonds. The summed E-state index contributed by atoms with van der Waals surface area (Å²) in [5, 5.41) is 3.78. The van der Waals surface area contributed by atoms with Gasteiger partial charge >= 0.3 is 0 Å². The molecule has 114 valence electrons. The van der Waals surface area contributed by atoms with Crippen molar-refractivity contribution in [2.24, 2.45) is 7.05 Å². The van der Waals surface area contributed by atoms with Crippen LogP contribution in [0.25, 0.3) is 22.0 Å². The molecular formula is C18H15N3O2. The van der Waals surface area contributed by atoms with Crippen LogP contribution in [-0.2, 0) is 13.6 Å². The summed E-state index contributed by atoms with van der Waals surface area (Å²) in [6, 6.07) is 17.2. The molecule has 4 rings (SSSR count). The second kappa shape index (κ2) is 5.28. The number of imidazole rings is 1. The van der Waals surface area contributed by atoms with Gasteiger partial charge in [-0.15, -0.1) is 0 Å². The Hall–Kier alpha value is -3.08. The minimum atomic E-state index is -0.242. The van der Waals surface area contributed by atoms with Crippen molar-refractivity contribution in [2.75, 3.05) is 0 Å². The Balaban J connectivity index is 1.55. The maximum atomic E-state index is 12.3. The molecule has 0 bridgehead atoms. The molecule has 0 aliphatic rings. The van der Waals surface area contributed by atoms with Crippen molar-refractivity contribution >= 4 is 27.9 Å². The number of carbonyl (C=O) groups is 1. The van der Waals surface area contributed by atoms with Crippen molar-refractivity contribution in [1.29, 1.82) is 0 Å². The van der Waals surface area contributed by atoms with Crippen LogP contribution in [0.2, 0.25) is 0 Å². The van der Waals surface area contributed by atoms with Crippen LogP contribution in [0.3, 0.4) is 0 Å². The molecule has 1 N–H and O–H groups in total. The van der Waals surface area contributed by atoms with Crippen LogP contribution in [-0.4, -0.2) is 15.5 Å². The number of aromatic nitrogens is 2. The second-order valence-corrected chi connectivity index (χ2v) is 5.41. The molecule has 0 aliphatic heterocycles. The molecule has 0 fully saturated rings. The summed E-state index contributed by atoms with van der Waals surface area (Å²) in [6.45, 7) is 0.348. The van der Waals surface area contributed by atoms with Gasteiger partial charge in [0.1, 0.15) is 11.4 Å². The predicted molar refractivity (Wildman–Crippen MR) is 88.1 cm³/mol. The first kappa shape index (κ1) is 13.6. The average molecular weight is 305 g/mol. The van der Waals surface area contributed by atoms with E-state index in [-0.39, 0.29) is 5.91 Å². The third-order valence-corrected chi connectivity index (χ3v) is 3.94. The summed E-state index contributed by atoms with van der Waals surface area (Å²) < 4.78 is 7.55. The fourth-order valence-corrected chi connectivity index (χ4v) is 2.69. The zero-order chi connectivity index (χ0) is 15.8. The SMILES string of the molecule is Cn1c(CNC(=O)c2cc3ccccc3o2)nc2ccccc21. The molecule has 4 aromatic rings. The third kappa shape index (κ3) is 2.36. The summed E-state index contributed by atoms with van der Waals surface area (Å²) in [6.07, 6.45) is 0. The molecule has 2 aromatic carbocycles. The first-order valence-electron chi connectivity index (χ1n) is 7.39. The number of nitrogens with one attached hydrogen (secondary N) is 1. The van der Waals surface area contributed by atoms with Crippen LogP contribution in [0, 0.1) is 0 Å². The van der Waals surface area contributed by atoms with Crippen molar-refractivity contribution in [2.45, 2.75) is 6.54 Å². The largest absolute Gasteiger partial charge is 0.451 e. The Kier molecular flexibility index (Phi) is 3.12. The molecule has 5 heteroatoms. The average Bonchev–Trinajstić information content (AvgIpc) is 3.15. The van der Waals surface area contributed by atoms with E-state index >= 15 is 0 Å². The van der Waals surface area contributed by atoms with Crippen molar-refractivity contribution in [3.05, 3.63) is 66.2 Å². The van der Waals surface area contributed by atoms with Gasteiger partial charge in [0, 0.05) is 12.4 Å². The monoisotopic (exact) mass is 305 g/mol. The highest BCUT2D eigenvalue weighted by molar-refractivity contribution is 5.96. The van der Waals surface area contributed by atoms with Gasteiger partial charge in [0.25, 0.3) is 5.91 Å². The van der Waals surface area contributed by atoms with Crippen LogP contribution in [0.1, 0.15) is 16.4 Å². The Bertz CT molecular complexity index is 980. The molecule has 0 unspecified atom stereocenters. The van der Waals surface area contributed by atoms with E-state index in [0.29, 0.717) is 17.9 Å². The lowest BCUT2D eigenvalue weighted by Gasteiger charge is -2.03. The van der Waals surface area contributed by atoms with Gasteiger partial charge in [-0.3, -0.25) is 4.79 Å². The van der Waals surface area contributed by atoms with Gasteiger partial charge in [-0.2, -0.15) is 0 Å². The summed E-state index contributed by atoms with van der Waals surface area (Å²) in [7, 11) is 1.94. The van der Waals surface area contributed by atoms with Crippen LogP contribution in [0.4, 0.5) is 0 Å². The number of hydrogen-bond donors (Lipinski definition) is 1. The Morgan fingerprint density at radius 1 is 1.17 bits per heavy atom. The number of aryl methyl sites for hydroxylation is 1. The molecule has 0 atom stereocenters. The minimum absolute atomic E-state index is 0.242. The lowest BCUT2D eigenvalue weighted by atomic mass is 10.2. The molecule has 23 heavy (non-hydrogen) atoms. The van der Waals surface area contributed by atoms with E-state index in [1.54, 1.807) is 6.07 Å². The van der Waals surface area contributed by atoms with E-state index in [0.717, 1.165) is 22.2 Å². The highest BCUT2D eigenvalue weighted by Crippen LogP contribution is 2.19.